The van der Waals surface area contributed by atoms with E-state index < -0.39 is 0 Å². The Balaban J connectivity index is 1.69. The average Bonchev–Trinajstić information content (AvgIpc) is 2.96. The van der Waals surface area contributed by atoms with Gasteiger partial charge in [0, 0.05) is 12.6 Å². The highest BCUT2D eigenvalue weighted by Gasteiger charge is 2.20. The fourth-order valence-electron chi connectivity index (χ4n) is 2.40. The summed E-state index contributed by atoms with van der Waals surface area (Å²) in [5.41, 5.74) is 4.41. The highest BCUT2D eigenvalue weighted by Crippen LogP contribution is 2.30. The Kier molecular flexibility index (Phi) is 2.77. The van der Waals surface area contributed by atoms with Gasteiger partial charge in [0.05, 0.1) is 0 Å². The smallest absolute Gasteiger partial charge is 0.0329 e. The molecule has 1 heterocycles. The molecule has 82 valence electrons. The molecule has 0 amide bonds. The summed E-state index contributed by atoms with van der Waals surface area (Å²) in [5.74, 6) is 0. The van der Waals surface area contributed by atoms with E-state index in [9.17, 15) is 0 Å². The number of aryl methyl sites for hydroxylation is 1. The molecule has 1 unspecified atom stereocenters. The van der Waals surface area contributed by atoms with Crippen LogP contribution < -0.4 is 5.32 Å². The van der Waals surface area contributed by atoms with Crippen molar-refractivity contribution in [3.63, 3.8) is 0 Å². The van der Waals surface area contributed by atoms with Gasteiger partial charge in [-0.15, -0.1) is 0 Å². The summed E-state index contributed by atoms with van der Waals surface area (Å²) in [4.78, 5) is 0. The Labute approximate surface area is 100 Å². The highest BCUT2D eigenvalue weighted by atomic mass is 32.1. The molecular weight excluding hydrogens is 214 g/mol. The van der Waals surface area contributed by atoms with Gasteiger partial charge < -0.3 is 5.32 Å². The van der Waals surface area contributed by atoms with Crippen molar-refractivity contribution in [2.24, 2.45) is 0 Å². The van der Waals surface area contributed by atoms with Gasteiger partial charge in [-0.05, 0) is 46.4 Å². The van der Waals surface area contributed by atoms with Crippen molar-refractivity contribution in [3.05, 3.63) is 57.8 Å². The molecule has 1 aromatic heterocycles. The van der Waals surface area contributed by atoms with Crippen molar-refractivity contribution in [2.45, 2.75) is 25.4 Å². The van der Waals surface area contributed by atoms with Crippen LogP contribution >= 0.6 is 11.3 Å². The Morgan fingerprint density at radius 1 is 1.25 bits per heavy atom. The lowest BCUT2D eigenvalue weighted by atomic mass is 10.1. The molecule has 1 aliphatic carbocycles. The largest absolute Gasteiger partial charge is 0.306 e. The van der Waals surface area contributed by atoms with E-state index in [4.69, 9.17) is 0 Å². The summed E-state index contributed by atoms with van der Waals surface area (Å²) in [6.07, 6.45) is 2.46. The number of hydrogen-bond acceptors (Lipinski definition) is 2. The number of rotatable bonds is 3. The monoisotopic (exact) mass is 229 g/mol. The molecule has 1 aromatic carbocycles. The van der Waals surface area contributed by atoms with Crippen molar-refractivity contribution in [1.82, 2.24) is 5.32 Å². The number of fused-ring (bicyclic) bond motifs is 1. The fourth-order valence-corrected chi connectivity index (χ4v) is 3.07. The van der Waals surface area contributed by atoms with Crippen LogP contribution in [0.3, 0.4) is 0 Å². The predicted octanol–water partition coefficient (Wildman–Crippen LogP) is 3.53. The summed E-state index contributed by atoms with van der Waals surface area (Å²) in [6.45, 7) is 0.989. The van der Waals surface area contributed by atoms with Crippen LogP contribution in [0.4, 0.5) is 0 Å². The van der Waals surface area contributed by atoms with Gasteiger partial charge >= 0.3 is 0 Å². The topological polar surface area (TPSA) is 12.0 Å². The van der Waals surface area contributed by atoms with Gasteiger partial charge in [0.1, 0.15) is 0 Å². The van der Waals surface area contributed by atoms with Crippen LogP contribution in [0.15, 0.2) is 41.1 Å². The first-order chi connectivity index (χ1) is 7.93. The van der Waals surface area contributed by atoms with Crippen molar-refractivity contribution in [3.8, 4) is 0 Å². The molecule has 0 spiro atoms. The average molecular weight is 229 g/mol. The van der Waals surface area contributed by atoms with E-state index in [2.05, 4.69) is 46.4 Å². The lowest BCUT2D eigenvalue weighted by Gasteiger charge is -2.13. The normalized spacial score (nSPS) is 18.6. The van der Waals surface area contributed by atoms with E-state index in [1.165, 1.54) is 29.5 Å². The number of hydrogen-bond donors (Lipinski definition) is 1. The molecule has 1 N–H and O–H groups in total. The van der Waals surface area contributed by atoms with Gasteiger partial charge in [-0.25, -0.2) is 0 Å². The van der Waals surface area contributed by atoms with Crippen molar-refractivity contribution in [1.29, 1.82) is 0 Å². The first-order valence-corrected chi connectivity index (χ1v) is 6.70. The first kappa shape index (κ1) is 10.1. The van der Waals surface area contributed by atoms with Gasteiger partial charge in [-0.3, -0.25) is 0 Å². The third-order valence-corrected chi connectivity index (χ3v) is 4.00. The maximum absolute atomic E-state index is 3.65. The van der Waals surface area contributed by atoms with Gasteiger partial charge in [-0.2, -0.15) is 11.3 Å². The van der Waals surface area contributed by atoms with E-state index >= 15 is 0 Å². The van der Waals surface area contributed by atoms with Gasteiger partial charge in [0.15, 0.2) is 0 Å². The van der Waals surface area contributed by atoms with E-state index in [1.54, 1.807) is 11.3 Å². The maximum atomic E-state index is 3.65. The van der Waals surface area contributed by atoms with Gasteiger partial charge in [-0.1, -0.05) is 24.3 Å². The summed E-state index contributed by atoms with van der Waals surface area (Å²) in [7, 11) is 0. The summed E-state index contributed by atoms with van der Waals surface area (Å²) >= 11 is 1.77. The van der Waals surface area contributed by atoms with Gasteiger partial charge in [0.2, 0.25) is 0 Å². The lowest BCUT2D eigenvalue weighted by molar-refractivity contribution is 0.531. The molecule has 0 bridgehead atoms. The van der Waals surface area contributed by atoms with Crippen LogP contribution in [0.5, 0.6) is 0 Å². The predicted molar refractivity (Wildman–Crippen MR) is 68.7 cm³/mol. The molecule has 2 aromatic rings. The minimum atomic E-state index is 0.552. The van der Waals surface area contributed by atoms with Crippen LogP contribution in [-0.2, 0) is 13.0 Å². The van der Waals surface area contributed by atoms with Crippen molar-refractivity contribution in [2.75, 3.05) is 0 Å². The summed E-state index contributed by atoms with van der Waals surface area (Å²) in [6, 6.07) is 11.5. The Morgan fingerprint density at radius 3 is 3.06 bits per heavy atom. The second-order valence-electron chi connectivity index (χ2n) is 4.30. The quantitative estimate of drug-likeness (QED) is 0.849. The fraction of sp³-hybridized carbons (Fsp3) is 0.286. The molecule has 3 rings (SSSR count). The number of thiophene rings is 1. The second kappa shape index (κ2) is 4.40. The third-order valence-electron chi connectivity index (χ3n) is 3.27. The Bertz CT molecular complexity index is 461. The molecule has 16 heavy (non-hydrogen) atoms. The minimum absolute atomic E-state index is 0.552. The van der Waals surface area contributed by atoms with Crippen LogP contribution in [0.25, 0.3) is 0 Å². The number of nitrogens with one attached hydrogen (secondary N) is 1. The number of benzene rings is 1. The molecule has 1 atom stereocenters. The van der Waals surface area contributed by atoms with Crippen molar-refractivity contribution >= 4 is 11.3 Å². The molecule has 0 saturated carbocycles. The molecule has 0 aliphatic heterocycles. The lowest BCUT2D eigenvalue weighted by Crippen LogP contribution is -2.18. The van der Waals surface area contributed by atoms with E-state index in [-0.39, 0.29) is 0 Å². The zero-order chi connectivity index (χ0) is 10.8. The van der Waals surface area contributed by atoms with E-state index in [1.807, 2.05) is 0 Å². The van der Waals surface area contributed by atoms with Crippen LogP contribution in [0.2, 0.25) is 0 Å². The molecule has 2 heteroatoms. The third kappa shape index (κ3) is 1.91. The molecule has 1 nitrogen and oxygen atoms in total. The van der Waals surface area contributed by atoms with Gasteiger partial charge in [0.25, 0.3) is 0 Å². The Hall–Kier alpha value is -1.12. The minimum Gasteiger partial charge on any atom is -0.306 e. The van der Waals surface area contributed by atoms with Crippen molar-refractivity contribution < 1.29 is 0 Å². The van der Waals surface area contributed by atoms with E-state index in [0.29, 0.717) is 6.04 Å². The van der Waals surface area contributed by atoms with Crippen LogP contribution in [-0.4, -0.2) is 0 Å². The summed E-state index contributed by atoms with van der Waals surface area (Å²) in [5, 5.41) is 8.00. The molecule has 0 fully saturated rings. The zero-order valence-corrected chi connectivity index (χ0v) is 9.96. The van der Waals surface area contributed by atoms with Crippen LogP contribution in [0.1, 0.15) is 29.2 Å². The summed E-state index contributed by atoms with van der Waals surface area (Å²) < 4.78 is 0. The molecule has 1 aliphatic rings. The van der Waals surface area contributed by atoms with Crippen LogP contribution in [0, 0.1) is 0 Å². The molecular formula is C14H15NS. The zero-order valence-electron chi connectivity index (χ0n) is 9.15. The Morgan fingerprint density at radius 2 is 2.19 bits per heavy atom. The molecule has 0 radical (unpaired) electrons. The molecule has 0 saturated heterocycles. The first-order valence-electron chi connectivity index (χ1n) is 5.76. The maximum Gasteiger partial charge on any atom is 0.0329 e. The standard InChI is InChI=1S/C14H15NS/c1-2-4-13-12(3-1)5-6-14(13)15-9-11-7-8-16-10-11/h1-4,7-8,10,14-15H,5-6,9H2. The highest BCUT2D eigenvalue weighted by molar-refractivity contribution is 7.07. The SMILES string of the molecule is c1ccc2c(c1)CCC2NCc1ccsc1. The van der Waals surface area contributed by atoms with E-state index in [0.717, 1.165) is 6.54 Å². The second-order valence-corrected chi connectivity index (χ2v) is 5.08.